The first-order chi connectivity index (χ1) is 15.8. The van der Waals surface area contributed by atoms with Gasteiger partial charge in [0.05, 0.1) is 23.7 Å². The zero-order valence-electron chi connectivity index (χ0n) is 19.1. The third-order valence-corrected chi connectivity index (χ3v) is 7.01. The largest absolute Gasteiger partial charge is 0.497 e. The lowest BCUT2D eigenvalue weighted by Crippen LogP contribution is -2.42. The maximum atomic E-state index is 13.5. The molecule has 1 amide bonds. The highest BCUT2D eigenvalue weighted by Crippen LogP contribution is 2.26. The van der Waals surface area contributed by atoms with Gasteiger partial charge in [-0.3, -0.25) is 9.10 Å². The Morgan fingerprint density at radius 3 is 2.03 bits per heavy atom. The molecule has 0 aliphatic carbocycles. The van der Waals surface area contributed by atoms with E-state index in [-0.39, 0.29) is 23.4 Å². The van der Waals surface area contributed by atoms with E-state index >= 15 is 0 Å². The molecule has 0 saturated carbocycles. The number of carbonyl (C=O) groups is 1. The number of rotatable bonds is 10. The Morgan fingerprint density at radius 1 is 0.909 bits per heavy atom. The molecule has 0 aliphatic heterocycles. The number of nitrogens with one attached hydrogen (secondary N) is 1. The second-order valence-electron chi connectivity index (χ2n) is 8.18. The summed E-state index contributed by atoms with van der Waals surface area (Å²) in [6, 6.07) is 24.3. The van der Waals surface area contributed by atoms with Crippen molar-refractivity contribution in [3.8, 4) is 5.75 Å². The summed E-state index contributed by atoms with van der Waals surface area (Å²) in [6.45, 7) is 3.85. The maximum Gasteiger partial charge on any atom is 0.264 e. The molecular weight excluding hydrogens is 436 g/mol. The monoisotopic (exact) mass is 466 g/mol. The smallest absolute Gasteiger partial charge is 0.264 e. The molecule has 3 aromatic carbocycles. The molecular formula is C26H30N2O4S. The number of hydrogen-bond donors (Lipinski definition) is 1. The molecule has 0 aliphatic rings. The molecule has 0 radical (unpaired) electrons. The van der Waals surface area contributed by atoms with Crippen LogP contribution in [0.3, 0.4) is 0 Å². The van der Waals surface area contributed by atoms with Crippen molar-refractivity contribution in [2.45, 2.75) is 31.2 Å². The minimum Gasteiger partial charge on any atom is -0.497 e. The first kappa shape index (κ1) is 24.3. The van der Waals surface area contributed by atoms with Gasteiger partial charge in [-0.1, -0.05) is 62.4 Å². The second-order valence-corrected chi connectivity index (χ2v) is 10.0. The highest BCUT2D eigenvalue weighted by molar-refractivity contribution is 7.92. The first-order valence-corrected chi connectivity index (χ1v) is 12.3. The summed E-state index contributed by atoms with van der Waals surface area (Å²) in [5.41, 5.74) is 1.41. The number of anilines is 1. The molecule has 0 unspecified atom stereocenters. The molecule has 3 rings (SSSR count). The van der Waals surface area contributed by atoms with Crippen LogP contribution in [0.2, 0.25) is 0 Å². The van der Waals surface area contributed by atoms with Crippen LogP contribution in [0.15, 0.2) is 89.8 Å². The van der Waals surface area contributed by atoms with Gasteiger partial charge in [-0.15, -0.1) is 0 Å². The third kappa shape index (κ3) is 6.35. The third-order valence-electron chi connectivity index (χ3n) is 5.22. The van der Waals surface area contributed by atoms with Crippen LogP contribution in [0.4, 0.5) is 5.69 Å². The summed E-state index contributed by atoms with van der Waals surface area (Å²) in [5, 5.41) is 3.04. The molecule has 6 nitrogen and oxygen atoms in total. The Kier molecular flexibility index (Phi) is 8.11. The molecule has 1 atom stereocenters. The molecule has 7 heteroatoms. The average Bonchev–Trinajstić information content (AvgIpc) is 2.83. The van der Waals surface area contributed by atoms with Gasteiger partial charge in [0.25, 0.3) is 10.0 Å². The van der Waals surface area contributed by atoms with E-state index < -0.39 is 10.0 Å². The van der Waals surface area contributed by atoms with E-state index in [1.807, 2.05) is 30.3 Å². The summed E-state index contributed by atoms with van der Waals surface area (Å²) in [7, 11) is -2.46. The molecule has 174 valence electrons. The topological polar surface area (TPSA) is 75.7 Å². The SMILES string of the molecule is COc1ccc(S(=O)(=O)N(CC(=O)N[C@@H](CC(C)C)c2ccccc2)c2ccccc2)cc1. The number of hydrogen-bond acceptors (Lipinski definition) is 4. The van der Waals surface area contributed by atoms with Gasteiger partial charge in [0.1, 0.15) is 12.3 Å². The van der Waals surface area contributed by atoms with Crippen LogP contribution < -0.4 is 14.4 Å². The maximum absolute atomic E-state index is 13.5. The van der Waals surface area contributed by atoms with Crippen LogP contribution >= 0.6 is 0 Å². The van der Waals surface area contributed by atoms with E-state index in [1.54, 1.807) is 42.5 Å². The first-order valence-electron chi connectivity index (χ1n) is 10.9. The Balaban J connectivity index is 1.89. The lowest BCUT2D eigenvalue weighted by molar-refractivity contribution is -0.120. The van der Waals surface area contributed by atoms with Crippen LogP contribution in [0, 0.1) is 5.92 Å². The summed E-state index contributed by atoms with van der Waals surface area (Å²) in [6.07, 6.45) is 0.742. The molecule has 3 aromatic rings. The highest BCUT2D eigenvalue weighted by atomic mass is 32.2. The number of methoxy groups -OCH3 is 1. The van der Waals surface area contributed by atoms with Gasteiger partial charge in [0.15, 0.2) is 0 Å². The van der Waals surface area contributed by atoms with Crippen molar-refractivity contribution < 1.29 is 17.9 Å². The normalized spacial score (nSPS) is 12.2. The lowest BCUT2D eigenvalue weighted by Gasteiger charge is -2.26. The van der Waals surface area contributed by atoms with Crippen molar-refractivity contribution in [2.24, 2.45) is 5.92 Å². The van der Waals surface area contributed by atoms with E-state index in [0.717, 1.165) is 16.3 Å². The van der Waals surface area contributed by atoms with Crippen LogP contribution in [-0.2, 0) is 14.8 Å². The minimum absolute atomic E-state index is 0.0849. The van der Waals surface area contributed by atoms with Crippen molar-refractivity contribution in [1.29, 1.82) is 0 Å². The van der Waals surface area contributed by atoms with E-state index in [9.17, 15) is 13.2 Å². The van der Waals surface area contributed by atoms with Crippen molar-refractivity contribution in [3.05, 3.63) is 90.5 Å². The summed E-state index contributed by atoms with van der Waals surface area (Å²) >= 11 is 0. The fourth-order valence-electron chi connectivity index (χ4n) is 3.59. The van der Waals surface area contributed by atoms with Gasteiger partial charge in [0, 0.05) is 0 Å². The van der Waals surface area contributed by atoms with E-state index in [1.165, 1.54) is 19.2 Å². The van der Waals surface area contributed by atoms with E-state index in [4.69, 9.17) is 4.74 Å². The van der Waals surface area contributed by atoms with Crippen molar-refractivity contribution in [3.63, 3.8) is 0 Å². The molecule has 0 heterocycles. The fourth-order valence-corrected chi connectivity index (χ4v) is 5.01. The number of benzene rings is 3. The van der Waals surface area contributed by atoms with Crippen LogP contribution in [0.25, 0.3) is 0 Å². The van der Waals surface area contributed by atoms with E-state index in [0.29, 0.717) is 17.4 Å². The number of sulfonamides is 1. The molecule has 0 bridgehead atoms. The Bertz CT molecular complexity index is 1130. The molecule has 0 saturated heterocycles. The average molecular weight is 467 g/mol. The number of carbonyl (C=O) groups excluding carboxylic acids is 1. The van der Waals surface area contributed by atoms with Gasteiger partial charge >= 0.3 is 0 Å². The standard InChI is InChI=1S/C26H30N2O4S/c1-20(2)18-25(21-10-6-4-7-11-21)27-26(29)19-28(22-12-8-5-9-13-22)33(30,31)24-16-14-23(32-3)15-17-24/h4-17,20,25H,18-19H2,1-3H3,(H,27,29)/t25-/m0/s1. The number of para-hydroxylation sites is 1. The predicted molar refractivity (Wildman–Crippen MR) is 131 cm³/mol. The van der Waals surface area contributed by atoms with Gasteiger partial charge in [0.2, 0.25) is 5.91 Å². The molecule has 0 fully saturated rings. The summed E-state index contributed by atoms with van der Waals surface area (Å²) in [5.74, 6) is 0.534. The van der Waals surface area contributed by atoms with Gasteiger partial charge < -0.3 is 10.1 Å². The van der Waals surface area contributed by atoms with Crippen molar-refractivity contribution in [2.75, 3.05) is 18.0 Å². The predicted octanol–water partition coefficient (Wildman–Crippen LogP) is 4.79. The zero-order chi connectivity index (χ0) is 23.8. The Hall–Kier alpha value is -3.32. The van der Waals surface area contributed by atoms with E-state index in [2.05, 4.69) is 19.2 Å². The van der Waals surface area contributed by atoms with Crippen molar-refractivity contribution in [1.82, 2.24) is 5.32 Å². The quantitative estimate of drug-likeness (QED) is 0.466. The van der Waals surface area contributed by atoms with Crippen LogP contribution in [-0.4, -0.2) is 28.0 Å². The zero-order valence-corrected chi connectivity index (χ0v) is 20.0. The van der Waals surface area contributed by atoms with Gasteiger partial charge in [-0.25, -0.2) is 8.42 Å². The van der Waals surface area contributed by atoms with Crippen molar-refractivity contribution >= 4 is 21.6 Å². The molecule has 33 heavy (non-hydrogen) atoms. The second kappa shape index (κ2) is 11.0. The number of ether oxygens (including phenoxy) is 1. The fraction of sp³-hybridized carbons (Fsp3) is 0.269. The Labute approximate surface area is 196 Å². The van der Waals surface area contributed by atoms with Gasteiger partial charge in [-0.05, 0) is 54.3 Å². The number of amides is 1. The molecule has 0 spiro atoms. The highest BCUT2D eigenvalue weighted by Gasteiger charge is 2.28. The minimum atomic E-state index is -3.98. The Morgan fingerprint density at radius 2 is 1.48 bits per heavy atom. The lowest BCUT2D eigenvalue weighted by atomic mass is 9.97. The number of nitrogens with zero attached hydrogens (tertiary/aromatic N) is 1. The van der Waals surface area contributed by atoms with Crippen LogP contribution in [0.5, 0.6) is 5.75 Å². The molecule has 0 aromatic heterocycles. The van der Waals surface area contributed by atoms with Gasteiger partial charge in [-0.2, -0.15) is 0 Å². The summed E-state index contributed by atoms with van der Waals surface area (Å²) in [4.78, 5) is 13.2. The summed E-state index contributed by atoms with van der Waals surface area (Å²) < 4.78 is 33.3. The van der Waals surface area contributed by atoms with Crippen LogP contribution in [0.1, 0.15) is 31.9 Å². The molecule has 1 N–H and O–H groups in total.